The van der Waals surface area contributed by atoms with E-state index in [1.807, 2.05) is 16.8 Å². The average Bonchev–Trinajstić information content (AvgIpc) is 2.90. The molecule has 0 bridgehead atoms. The van der Waals surface area contributed by atoms with Crippen LogP contribution in [0.4, 0.5) is 8.78 Å². The quantitative estimate of drug-likeness (QED) is 0.792. The largest absolute Gasteiger partial charge is 0.435 e. The van der Waals surface area contributed by atoms with Gasteiger partial charge in [0, 0.05) is 32.6 Å². The molecule has 0 spiro atoms. The van der Waals surface area contributed by atoms with Gasteiger partial charge in [-0.25, -0.2) is 0 Å². The first-order chi connectivity index (χ1) is 11.0. The van der Waals surface area contributed by atoms with Gasteiger partial charge >= 0.3 is 6.61 Å². The minimum absolute atomic E-state index is 0.0665. The number of amides is 1. The van der Waals surface area contributed by atoms with Crippen molar-refractivity contribution in [1.29, 1.82) is 0 Å². The fourth-order valence-electron chi connectivity index (χ4n) is 2.60. The van der Waals surface area contributed by atoms with E-state index < -0.39 is 12.7 Å². The number of likely N-dealkylation sites (N-methyl/N-ethyl adjacent to an activating group) is 1. The van der Waals surface area contributed by atoms with Crippen LogP contribution in [0.2, 0.25) is 0 Å². The second-order valence-electron chi connectivity index (χ2n) is 5.71. The van der Waals surface area contributed by atoms with Gasteiger partial charge in [0.05, 0.1) is 6.10 Å². The first-order valence-electron chi connectivity index (χ1n) is 7.65. The molecular weight excluding hydrogens is 306 g/mol. The van der Waals surface area contributed by atoms with Crippen molar-refractivity contribution in [3.8, 4) is 5.75 Å². The van der Waals surface area contributed by atoms with Gasteiger partial charge in [0.15, 0.2) is 0 Å². The lowest BCUT2D eigenvalue weighted by molar-refractivity contribution is -0.127. The molecule has 0 aliphatic carbocycles. The summed E-state index contributed by atoms with van der Waals surface area (Å²) in [5.41, 5.74) is 0.635. The van der Waals surface area contributed by atoms with E-state index >= 15 is 0 Å². The Bertz CT molecular complexity index is 511. The molecular formula is C16H22F2N2O3. The van der Waals surface area contributed by atoms with Crippen molar-refractivity contribution in [3.63, 3.8) is 0 Å². The van der Waals surface area contributed by atoms with Crippen molar-refractivity contribution in [2.45, 2.75) is 25.6 Å². The maximum Gasteiger partial charge on any atom is 0.387 e. The topological polar surface area (TPSA) is 53.0 Å². The van der Waals surface area contributed by atoms with Crippen LogP contribution in [0.25, 0.3) is 0 Å². The van der Waals surface area contributed by atoms with Crippen LogP contribution in [-0.4, -0.2) is 60.7 Å². The Kier molecular flexibility index (Phi) is 6.29. The summed E-state index contributed by atoms with van der Waals surface area (Å²) in [6, 6.07) is 5.96. The zero-order valence-corrected chi connectivity index (χ0v) is 13.1. The molecule has 23 heavy (non-hydrogen) atoms. The van der Waals surface area contributed by atoms with E-state index in [1.54, 1.807) is 12.1 Å². The number of hydrogen-bond acceptors (Lipinski definition) is 4. The molecule has 1 amide bonds. The molecule has 5 nitrogen and oxygen atoms in total. The second-order valence-corrected chi connectivity index (χ2v) is 5.71. The van der Waals surface area contributed by atoms with Gasteiger partial charge in [0.1, 0.15) is 5.75 Å². The van der Waals surface area contributed by atoms with Crippen LogP contribution < -0.4 is 4.74 Å². The van der Waals surface area contributed by atoms with Crippen molar-refractivity contribution in [2.75, 3.05) is 33.2 Å². The Morgan fingerprint density at radius 3 is 2.61 bits per heavy atom. The fourth-order valence-corrected chi connectivity index (χ4v) is 2.60. The fraction of sp³-hybridized carbons (Fsp3) is 0.562. The monoisotopic (exact) mass is 328 g/mol. The molecule has 1 heterocycles. The van der Waals surface area contributed by atoms with Crippen LogP contribution in [0.15, 0.2) is 24.3 Å². The molecule has 1 aliphatic rings. The number of alkyl halides is 2. The predicted molar refractivity (Wildman–Crippen MR) is 81.3 cm³/mol. The number of carbonyl (C=O) groups is 1. The number of ether oxygens (including phenoxy) is 1. The molecule has 7 heteroatoms. The molecule has 1 fully saturated rings. The van der Waals surface area contributed by atoms with E-state index in [9.17, 15) is 18.7 Å². The van der Waals surface area contributed by atoms with E-state index in [0.717, 1.165) is 13.0 Å². The van der Waals surface area contributed by atoms with E-state index in [2.05, 4.69) is 4.74 Å². The van der Waals surface area contributed by atoms with Crippen LogP contribution in [-0.2, 0) is 4.79 Å². The Morgan fingerprint density at radius 1 is 1.35 bits per heavy atom. The highest BCUT2D eigenvalue weighted by Crippen LogP contribution is 2.20. The Balaban J connectivity index is 1.78. The number of aliphatic hydroxyl groups is 1. The summed E-state index contributed by atoms with van der Waals surface area (Å²) in [6.45, 7) is -0.318. The lowest BCUT2D eigenvalue weighted by atomic mass is 10.1. The third-order valence-electron chi connectivity index (χ3n) is 3.90. The molecule has 0 saturated carbocycles. The number of carbonyl (C=O) groups excluding carboxylic acids is 1. The Morgan fingerprint density at radius 2 is 2.04 bits per heavy atom. The van der Waals surface area contributed by atoms with E-state index in [-0.39, 0.29) is 11.7 Å². The zero-order valence-electron chi connectivity index (χ0n) is 13.1. The summed E-state index contributed by atoms with van der Waals surface area (Å²) >= 11 is 0. The highest BCUT2D eigenvalue weighted by Gasteiger charge is 2.20. The SMILES string of the molecule is CN(CCN1CCCC1=O)CC(O)c1ccc(OC(F)F)cc1. The summed E-state index contributed by atoms with van der Waals surface area (Å²) in [4.78, 5) is 15.3. The minimum Gasteiger partial charge on any atom is -0.435 e. The van der Waals surface area contributed by atoms with Gasteiger partial charge < -0.3 is 19.6 Å². The third-order valence-corrected chi connectivity index (χ3v) is 3.90. The Labute approximate surface area is 134 Å². The second kappa shape index (κ2) is 8.21. The molecule has 128 valence electrons. The minimum atomic E-state index is -2.86. The van der Waals surface area contributed by atoms with Gasteiger partial charge in [-0.1, -0.05) is 12.1 Å². The third kappa shape index (κ3) is 5.44. The van der Waals surface area contributed by atoms with Crippen molar-refractivity contribution >= 4 is 5.91 Å². The summed E-state index contributed by atoms with van der Waals surface area (Å²) in [5.74, 6) is 0.255. The molecule has 1 aromatic rings. The number of nitrogens with zero attached hydrogens (tertiary/aromatic N) is 2. The zero-order chi connectivity index (χ0) is 16.8. The highest BCUT2D eigenvalue weighted by atomic mass is 19.3. The molecule has 1 aliphatic heterocycles. The predicted octanol–water partition coefficient (Wildman–Crippen LogP) is 1.88. The molecule has 1 aromatic carbocycles. The normalized spacial score (nSPS) is 16.4. The van der Waals surface area contributed by atoms with Crippen molar-refractivity contribution in [2.24, 2.45) is 0 Å². The lowest BCUT2D eigenvalue weighted by Gasteiger charge is -2.24. The Hall–Kier alpha value is -1.73. The first kappa shape index (κ1) is 17.6. The molecule has 1 N–H and O–H groups in total. The molecule has 1 atom stereocenters. The molecule has 1 saturated heterocycles. The molecule has 0 aromatic heterocycles. The van der Waals surface area contributed by atoms with Crippen LogP contribution in [0, 0.1) is 0 Å². The van der Waals surface area contributed by atoms with Crippen molar-refractivity contribution < 1.29 is 23.4 Å². The maximum atomic E-state index is 12.1. The van der Waals surface area contributed by atoms with Gasteiger partial charge in [0.25, 0.3) is 0 Å². The van der Waals surface area contributed by atoms with E-state index in [0.29, 0.717) is 31.6 Å². The summed E-state index contributed by atoms with van der Waals surface area (Å²) in [5, 5.41) is 10.2. The average molecular weight is 328 g/mol. The van der Waals surface area contributed by atoms with Gasteiger partial charge in [-0.15, -0.1) is 0 Å². The molecule has 2 rings (SSSR count). The van der Waals surface area contributed by atoms with Gasteiger partial charge in [-0.3, -0.25) is 4.79 Å². The number of benzene rings is 1. The summed E-state index contributed by atoms with van der Waals surface area (Å²) in [6.07, 6.45) is 0.812. The lowest BCUT2D eigenvalue weighted by Crippen LogP contribution is -2.35. The van der Waals surface area contributed by atoms with Gasteiger partial charge in [-0.2, -0.15) is 8.78 Å². The van der Waals surface area contributed by atoms with Gasteiger partial charge in [0.2, 0.25) is 5.91 Å². The van der Waals surface area contributed by atoms with Crippen molar-refractivity contribution in [3.05, 3.63) is 29.8 Å². The highest BCUT2D eigenvalue weighted by molar-refractivity contribution is 5.78. The number of hydrogen-bond donors (Lipinski definition) is 1. The standard InChI is InChI=1S/C16H22F2N2O3/c1-19(9-10-20-8-2-3-15(20)22)11-14(21)12-4-6-13(7-5-12)23-16(17)18/h4-7,14,16,21H,2-3,8-11H2,1H3. The molecule has 0 radical (unpaired) electrons. The van der Waals surface area contributed by atoms with Gasteiger partial charge in [-0.05, 0) is 31.2 Å². The van der Waals surface area contributed by atoms with Crippen molar-refractivity contribution in [1.82, 2.24) is 9.80 Å². The van der Waals surface area contributed by atoms with Crippen LogP contribution in [0.3, 0.4) is 0 Å². The first-order valence-corrected chi connectivity index (χ1v) is 7.65. The number of likely N-dealkylation sites (tertiary alicyclic amines) is 1. The van der Waals surface area contributed by atoms with Crippen LogP contribution in [0.5, 0.6) is 5.75 Å². The summed E-state index contributed by atoms with van der Waals surface area (Å²) < 4.78 is 28.4. The number of aliphatic hydroxyl groups excluding tert-OH is 1. The summed E-state index contributed by atoms with van der Waals surface area (Å²) in [7, 11) is 1.87. The van der Waals surface area contributed by atoms with E-state index in [1.165, 1.54) is 12.1 Å². The smallest absolute Gasteiger partial charge is 0.387 e. The van der Waals surface area contributed by atoms with E-state index in [4.69, 9.17) is 0 Å². The van der Waals surface area contributed by atoms with Crippen LogP contribution in [0.1, 0.15) is 24.5 Å². The number of rotatable bonds is 8. The maximum absolute atomic E-state index is 12.1. The van der Waals surface area contributed by atoms with Crippen LogP contribution >= 0.6 is 0 Å². The number of halogens is 2. The molecule has 1 unspecified atom stereocenters.